The van der Waals surface area contributed by atoms with Gasteiger partial charge >= 0.3 is 6.18 Å². The molecule has 0 fully saturated rings. The van der Waals surface area contributed by atoms with Gasteiger partial charge in [0, 0.05) is 25.9 Å². The van der Waals surface area contributed by atoms with E-state index in [1.165, 1.54) is 23.8 Å². The summed E-state index contributed by atoms with van der Waals surface area (Å²) < 4.78 is 39.5. The lowest BCUT2D eigenvalue weighted by molar-refractivity contribution is -0.138. The molecule has 0 bridgehead atoms. The van der Waals surface area contributed by atoms with E-state index in [1.807, 2.05) is 48.5 Å². The number of nitrogens with zero attached hydrogens (tertiary/aromatic N) is 1. The third-order valence-electron chi connectivity index (χ3n) is 6.08. The summed E-state index contributed by atoms with van der Waals surface area (Å²) in [5, 5.41) is 2.52. The van der Waals surface area contributed by atoms with Gasteiger partial charge in [0.1, 0.15) is 0 Å². The maximum absolute atomic E-state index is 13.2. The molecule has 3 aromatic rings. The number of fused-ring (bicyclic) bond motifs is 1. The molecule has 7 heteroatoms. The van der Waals surface area contributed by atoms with Crippen LogP contribution in [0, 0.1) is 0 Å². The van der Waals surface area contributed by atoms with Gasteiger partial charge in [-0.3, -0.25) is 9.59 Å². The Labute approximate surface area is 196 Å². The van der Waals surface area contributed by atoms with Crippen LogP contribution < -0.4 is 5.32 Å². The number of nitrogens with one attached hydrogen (secondary N) is 1. The van der Waals surface area contributed by atoms with Gasteiger partial charge in [0.2, 0.25) is 11.8 Å². The first-order valence-electron chi connectivity index (χ1n) is 11.2. The van der Waals surface area contributed by atoms with E-state index < -0.39 is 17.6 Å². The highest BCUT2D eigenvalue weighted by atomic mass is 19.4. The Bertz CT molecular complexity index is 1160. The second-order valence-electron chi connectivity index (χ2n) is 8.28. The molecule has 2 amide bonds. The monoisotopic (exact) mass is 466 g/mol. The SMILES string of the molecule is O=C(CCC(=O)N1CCc2ccccc2[C@@H]1c1ccccc1)NCc1ccccc1C(F)(F)F. The van der Waals surface area contributed by atoms with Crippen molar-refractivity contribution in [3.63, 3.8) is 0 Å². The van der Waals surface area contributed by atoms with Gasteiger partial charge in [0.15, 0.2) is 0 Å². The van der Waals surface area contributed by atoms with Crippen LogP contribution in [-0.4, -0.2) is 23.3 Å². The number of hydrogen-bond donors (Lipinski definition) is 1. The number of hydrogen-bond acceptors (Lipinski definition) is 2. The second-order valence-corrected chi connectivity index (χ2v) is 8.28. The van der Waals surface area contributed by atoms with Gasteiger partial charge in [-0.05, 0) is 34.7 Å². The predicted octanol–water partition coefficient (Wildman–Crippen LogP) is 5.28. The van der Waals surface area contributed by atoms with E-state index in [9.17, 15) is 22.8 Å². The number of rotatable bonds is 6. The first-order chi connectivity index (χ1) is 16.3. The van der Waals surface area contributed by atoms with E-state index in [4.69, 9.17) is 0 Å². The molecular formula is C27H25F3N2O2. The van der Waals surface area contributed by atoms with Crippen molar-refractivity contribution in [2.45, 2.75) is 38.0 Å². The number of alkyl halides is 3. The third kappa shape index (κ3) is 5.30. The van der Waals surface area contributed by atoms with E-state index in [0.29, 0.717) is 6.54 Å². The molecule has 0 spiro atoms. The van der Waals surface area contributed by atoms with Crippen molar-refractivity contribution < 1.29 is 22.8 Å². The minimum Gasteiger partial charge on any atom is -0.352 e. The fraction of sp³-hybridized carbons (Fsp3) is 0.259. The fourth-order valence-electron chi connectivity index (χ4n) is 4.43. The molecular weight excluding hydrogens is 441 g/mol. The zero-order chi connectivity index (χ0) is 24.1. The van der Waals surface area contributed by atoms with E-state index >= 15 is 0 Å². The summed E-state index contributed by atoms with van der Waals surface area (Å²) in [7, 11) is 0. The van der Waals surface area contributed by atoms with Crippen molar-refractivity contribution in [3.05, 3.63) is 107 Å². The Morgan fingerprint density at radius 1 is 0.882 bits per heavy atom. The van der Waals surface area contributed by atoms with Crippen LogP contribution in [0.15, 0.2) is 78.9 Å². The molecule has 1 aliphatic rings. The smallest absolute Gasteiger partial charge is 0.352 e. The Balaban J connectivity index is 1.41. The zero-order valence-electron chi connectivity index (χ0n) is 18.5. The molecule has 4 rings (SSSR count). The van der Waals surface area contributed by atoms with Gasteiger partial charge in [-0.15, -0.1) is 0 Å². The quantitative estimate of drug-likeness (QED) is 0.538. The lowest BCUT2D eigenvalue weighted by atomic mass is 9.88. The number of halogens is 3. The summed E-state index contributed by atoms with van der Waals surface area (Å²) >= 11 is 0. The van der Waals surface area contributed by atoms with Crippen molar-refractivity contribution in [1.82, 2.24) is 10.2 Å². The number of amides is 2. The molecule has 0 unspecified atom stereocenters. The summed E-state index contributed by atoms with van der Waals surface area (Å²) in [5.74, 6) is -0.617. The maximum atomic E-state index is 13.2. The fourth-order valence-corrected chi connectivity index (χ4v) is 4.43. The second kappa shape index (κ2) is 10.1. The van der Waals surface area contributed by atoms with Gasteiger partial charge in [-0.25, -0.2) is 0 Å². The van der Waals surface area contributed by atoms with E-state index in [1.54, 1.807) is 4.90 Å². The Kier molecular flexibility index (Phi) is 7.01. The van der Waals surface area contributed by atoms with E-state index in [-0.39, 0.29) is 36.9 Å². The molecule has 1 aliphatic heterocycles. The van der Waals surface area contributed by atoms with E-state index in [2.05, 4.69) is 11.4 Å². The van der Waals surface area contributed by atoms with Crippen LogP contribution in [0.25, 0.3) is 0 Å². The van der Waals surface area contributed by atoms with Crippen LogP contribution in [0.3, 0.4) is 0 Å². The van der Waals surface area contributed by atoms with Gasteiger partial charge < -0.3 is 10.2 Å². The van der Waals surface area contributed by atoms with E-state index in [0.717, 1.165) is 23.6 Å². The van der Waals surface area contributed by atoms with Crippen molar-refractivity contribution in [2.75, 3.05) is 6.54 Å². The molecule has 0 radical (unpaired) electrons. The van der Waals surface area contributed by atoms with Gasteiger partial charge in [0.05, 0.1) is 11.6 Å². The molecule has 0 saturated heterocycles. The van der Waals surface area contributed by atoms with Crippen LogP contribution in [0.1, 0.15) is 46.7 Å². The van der Waals surface area contributed by atoms with Gasteiger partial charge in [-0.1, -0.05) is 72.8 Å². The first kappa shape index (κ1) is 23.5. The molecule has 0 aromatic heterocycles. The normalized spacial score (nSPS) is 15.5. The van der Waals surface area contributed by atoms with Crippen LogP contribution in [0.4, 0.5) is 13.2 Å². The molecule has 34 heavy (non-hydrogen) atoms. The molecule has 4 nitrogen and oxygen atoms in total. The van der Waals surface area contributed by atoms with Gasteiger partial charge in [-0.2, -0.15) is 13.2 Å². The summed E-state index contributed by atoms with van der Waals surface area (Å²) in [5.41, 5.74) is 2.48. The van der Waals surface area contributed by atoms with Gasteiger partial charge in [0.25, 0.3) is 0 Å². The number of carbonyl (C=O) groups excluding carboxylic acids is 2. The lowest BCUT2D eigenvalue weighted by Crippen LogP contribution is -2.41. The average molecular weight is 467 g/mol. The number of benzene rings is 3. The topological polar surface area (TPSA) is 49.4 Å². The molecule has 176 valence electrons. The summed E-state index contributed by atoms with van der Waals surface area (Å²) in [4.78, 5) is 27.3. The largest absolute Gasteiger partial charge is 0.416 e. The maximum Gasteiger partial charge on any atom is 0.416 e. The summed E-state index contributed by atoms with van der Waals surface area (Å²) in [6.07, 6.45) is -3.87. The van der Waals surface area contributed by atoms with Crippen molar-refractivity contribution >= 4 is 11.8 Å². The molecule has 0 aliphatic carbocycles. The highest BCUT2D eigenvalue weighted by molar-refractivity contribution is 5.84. The Morgan fingerprint density at radius 2 is 1.56 bits per heavy atom. The Morgan fingerprint density at radius 3 is 2.32 bits per heavy atom. The minimum atomic E-state index is -4.49. The number of carbonyl (C=O) groups is 2. The zero-order valence-corrected chi connectivity index (χ0v) is 18.5. The van der Waals surface area contributed by atoms with Crippen molar-refractivity contribution in [2.24, 2.45) is 0 Å². The van der Waals surface area contributed by atoms with Crippen molar-refractivity contribution in [3.8, 4) is 0 Å². The van der Waals surface area contributed by atoms with Crippen LogP contribution in [0.5, 0.6) is 0 Å². The molecule has 1 atom stereocenters. The molecule has 1 heterocycles. The molecule has 1 N–H and O–H groups in total. The van der Waals surface area contributed by atoms with Crippen LogP contribution in [0.2, 0.25) is 0 Å². The molecule has 3 aromatic carbocycles. The lowest BCUT2D eigenvalue weighted by Gasteiger charge is -2.38. The average Bonchev–Trinajstić information content (AvgIpc) is 2.85. The highest BCUT2D eigenvalue weighted by Gasteiger charge is 2.33. The summed E-state index contributed by atoms with van der Waals surface area (Å²) in [6.45, 7) is 0.294. The standard InChI is InChI=1S/C27H25F3N2O2/c28-27(29,30)23-13-7-5-11-21(23)18-31-24(33)14-15-25(34)32-17-16-19-8-4-6-12-22(19)26(32)20-9-2-1-3-10-20/h1-13,26H,14-18H2,(H,31,33)/t26-/m0/s1. The molecule has 0 saturated carbocycles. The van der Waals surface area contributed by atoms with Crippen molar-refractivity contribution in [1.29, 1.82) is 0 Å². The Hall–Kier alpha value is -3.61. The summed E-state index contributed by atoms with van der Waals surface area (Å²) in [6, 6.07) is 22.7. The van der Waals surface area contributed by atoms with Crippen LogP contribution in [-0.2, 0) is 28.7 Å². The highest BCUT2D eigenvalue weighted by Crippen LogP contribution is 2.35. The van der Waals surface area contributed by atoms with Crippen LogP contribution >= 0.6 is 0 Å². The minimum absolute atomic E-state index is 0.00791. The first-order valence-corrected chi connectivity index (χ1v) is 11.2. The predicted molar refractivity (Wildman–Crippen MR) is 123 cm³/mol. The third-order valence-corrected chi connectivity index (χ3v) is 6.08.